The maximum Gasteiger partial charge on any atom is 0.254 e. The minimum atomic E-state index is 0.0653. The number of hydrogen-bond acceptors (Lipinski definition) is 4. The molecule has 0 saturated carbocycles. The molecular weight excluding hydrogens is 350 g/mol. The maximum atomic E-state index is 12.8. The summed E-state index contributed by atoms with van der Waals surface area (Å²) < 4.78 is 0. The molecule has 0 unspecified atom stereocenters. The Morgan fingerprint density at radius 1 is 1.18 bits per heavy atom. The molecule has 5 rings (SSSR count). The summed E-state index contributed by atoms with van der Waals surface area (Å²) in [5, 5.41) is 7.79. The van der Waals surface area contributed by atoms with Crippen LogP contribution in [0.5, 0.6) is 0 Å². The van der Waals surface area contributed by atoms with Crippen LogP contribution in [0.2, 0.25) is 0 Å². The fraction of sp³-hybridized carbons (Fsp3) is 0.364. The van der Waals surface area contributed by atoms with Gasteiger partial charge in [-0.2, -0.15) is 5.10 Å². The van der Waals surface area contributed by atoms with E-state index in [1.54, 1.807) is 12.4 Å². The maximum absolute atomic E-state index is 12.8. The van der Waals surface area contributed by atoms with Crippen molar-refractivity contribution in [3.05, 3.63) is 64.4 Å². The molecule has 0 spiro atoms. The second-order valence-electron chi connectivity index (χ2n) is 8.72. The standard InChI is InChI=1S/C22H23N5O/c1-13-23-9-14(10-24-13)11-27-12-16-6-15(4-5-17(16)21(27)28)20-18-7-22(2,3)8-19(18)25-26-20/h4-6,9-10H,7-8,11-12H2,1-3H3,(H,25,26). The van der Waals surface area contributed by atoms with Crippen molar-refractivity contribution in [1.29, 1.82) is 0 Å². The van der Waals surface area contributed by atoms with Crippen molar-refractivity contribution in [3.8, 4) is 11.3 Å². The quantitative estimate of drug-likeness (QED) is 0.763. The molecule has 0 radical (unpaired) electrons. The zero-order chi connectivity index (χ0) is 19.5. The van der Waals surface area contributed by atoms with Gasteiger partial charge in [-0.05, 0) is 42.9 Å². The molecule has 0 fully saturated rings. The van der Waals surface area contributed by atoms with Crippen molar-refractivity contribution >= 4 is 5.91 Å². The summed E-state index contributed by atoms with van der Waals surface area (Å²) >= 11 is 0. The molecule has 1 aliphatic heterocycles. The van der Waals surface area contributed by atoms with Gasteiger partial charge in [-0.1, -0.05) is 19.9 Å². The third-order valence-electron chi connectivity index (χ3n) is 5.73. The number of carbonyl (C=O) groups is 1. The number of benzene rings is 1. The van der Waals surface area contributed by atoms with Gasteiger partial charge < -0.3 is 4.90 Å². The third kappa shape index (κ3) is 2.80. The fourth-order valence-corrected chi connectivity index (χ4v) is 4.37. The number of nitrogens with zero attached hydrogens (tertiary/aromatic N) is 4. The Balaban J connectivity index is 1.42. The summed E-state index contributed by atoms with van der Waals surface area (Å²) in [6, 6.07) is 6.09. The van der Waals surface area contributed by atoms with Gasteiger partial charge in [0.1, 0.15) is 5.82 Å². The molecule has 3 heterocycles. The number of rotatable bonds is 3. The molecule has 28 heavy (non-hydrogen) atoms. The number of amides is 1. The SMILES string of the molecule is Cc1ncc(CN2Cc3cc(-c4n[nH]c5c4CC(C)(C)C5)ccc3C2=O)cn1. The lowest BCUT2D eigenvalue weighted by atomic mass is 9.90. The molecule has 3 aromatic rings. The van der Waals surface area contributed by atoms with Crippen molar-refractivity contribution < 1.29 is 4.79 Å². The minimum absolute atomic E-state index is 0.0653. The predicted molar refractivity (Wildman–Crippen MR) is 106 cm³/mol. The van der Waals surface area contributed by atoms with E-state index < -0.39 is 0 Å². The van der Waals surface area contributed by atoms with Gasteiger partial charge >= 0.3 is 0 Å². The zero-order valence-electron chi connectivity index (χ0n) is 16.4. The van der Waals surface area contributed by atoms with Crippen molar-refractivity contribution in [2.45, 2.75) is 46.7 Å². The molecular formula is C22H23N5O. The lowest BCUT2D eigenvalue weighted by Crippen LogP contribution is -2.23. The lowest BCUT2D eigenvalue weighted by Gasteiger charge is -2.15. The number of nitrogens with one attached hydrogen (secondary N) is 1. The average molecular weight is 373 g/mol. The number of aromatic nitrogens is 4. The van der Waals surface area contributed by atoms with Crippen LogP contribution in [-0.2, 0) is 25.9 Å². The van der Waals surface area contributed by atoms with Gasteiger partial charge in [0.2, 0.25) is 0 Å². The summed E-state index contributed by atoms with van der Waals surface area (Å²) in [5.74, 6) is 0.801. The first-order valence-electron chi connectivity index (χ1n) is 9.66. The minimum Gasteiger partial charge on any atom is -0.330 e. The van der Waals surface area contributed by atoms with Crippen LogP contribution in [0.1, 0.15) is 52.4 Å². The first-order valence-corrected chi connectivity index (χ1v) is 9.66. The van der Waals surface area contributed by atoms with Crippen LogP contribution in [0.15, 0.2) is 30.6 Å². The zero-order valence-corrected chi connectivity index (χ0v) is 16.4. The first kappa shape index (κ1) is 17.1. The molecule has 6 heteroatoms. The fourth-order valence-electron chi connectivity index (χ4n) is 4.37. The van der Waals surface area contributed by atoms with Crippen LogP contribution in [0.3, 0.4) is 0 Å². The third-order valence-corrected chi connectivity index (χ3v) is 5.73. The molecule has 1 N–H and O–H groups in total. The van der Waals surface area contributed by atoms with Crippen molar-refractivity contribution in [2.24, 2.45) is 5.41 Å². The van der Waals surface area contributed by atoms with Crippen LogP contribution in [0.25, 0.3) is 11.3 Å². The second-order valence-corrected chi connectivity index (χ2v) is 8.72. The second kappa shape index (κ2) is 5.99. The van der Waals surface area contributed by atoms with Gasteiger partial charge in [0, 0.05) is 53.4 Å². The van der Waals surface area contributed by atoms with E-state index in [2.05, 4.69) is 40.1 Å². The number of H-pyrrole nitrogens is 1. The monoisotopic (exact) mass is 373 g/mol. The van der Waals surface area contributed by atoms with E-state index in [9.17, 15) is 4.79 Å². The topological polar surface area (TPSA) is 74.8 Å². The van der Waals surface area contributed by atoms with Crippen molar-refractivity contribution in [2.75, 3.05) is 0 Å². The Bertz CT molecular complexity index is 1080. The Hall–Kier alpha value is -3.02. The Morgan fingerprint density at radius 3 is 2.75 bits per heavy atom. The largest absolute Gasteiger partial charge is 0.330 e. The molecule has 6 nitrogen and oxygen atoms in total. The van der Waals surface area contributed by atoms with E-state index in [1.807, 2.05) is 24.0 Å². The molecule has 2 aromatic heterocycles. The van der Waals surface area contributed by atoms with Crippen LogP contribution in [-0.4, -0.2) is 31.0 Å². The van der Waals surface area contributed by atoms with Crippen LogP contribution < -0.4 is 0 Å². The Kier molecular flexibility index (Phi) is 3.66. The smallest absolute Gasteiger partial charge is 0.254 e. The molecule has 2 aliphatic rings. The molecule has 1 aromatic carbocycles. The molecule has 0 bridgehead atoms. The number of fused-ring (bicyclic) bond motifs is 2. The number of aryl methyl sites for hydroxylation is 1. The number of carbonyl (C=O) groups excluding carboxylic acids is 1. The summed E-state index contributed by atoms with van der Waals surface area (Å²) in [4.78, 5) is 23.1. The van der Waals surface area contributed by atoms with E-state index in [-0.39, 0.29) is 11.3 Å². The van der Waals surface area contributed by atoms with E-state index >= 15 is 0 Å². The summed E-state index contributed by atoms with van der Waals surface area (Å²) in [5.41, 5.74) is 7.75. The van der Waals surface area contributed by atoms with Crippen LogP contribution in [0, 0.1) is 12.3 Å². The van der Waals surface area contributed by atoms with E-state index in [0.29, 0.717) is 13.1 Å². The molecule has 0 saturated heterocycles. The van der Waals surface area contributed by atoms with Crippen molar-refractivity contribution in [1.82, 2.24) is 25.1 Å². The predicted octanol–water partition coefficient (Wildman–Crippen LogP) is 3.46. The number of aromatic amines is 1. The normalized spacial score (nSPS) is 17.1. The van der Waals surface area contributed by atoms with Gasteiger partial charge in [-0.15, -0.1) is 0 Å². The highest BCUT2D eigenvalue weighted by atomic mass is 16.2. The number of hydrogen-bond donors (Lipinski definition) is 1. The highest BCUT2D eigenvalue weighted by Gasteiger charge is 2.33. The highest BCUT2D eigenvalue weighted by molar-refractivity contribution is 5.99. The molecule has 142 valence electrons. The first-order chi connectivity index (χ1) is 13.4. The Labute approximate surface area is 164 Å². The van der Waals surface area contributed by atoms with Gasteiger partial charge in [-0.3, -0.25) is 9.89 Å². The van der Waals surface area contributed by atoms with Gasteiger partial charge in [0.15, 0.2) is 0 Å². The van der Waals surface area contributed by atoms with E-state index in [1.165, 1.54) is 11.3 Å². The summed E-state index contributed by atoms with van der Waals surface area (Å²) in [7, 11) is 0. The summed E-state index contributed by atoms with van der Waals surface area (Å²) in [6.45, 7) is 7.56. The van der Waals surface area contributed by atoms with Crippen molar-refractivity contribution in [3.63, 3.8) is 0 Å². The van der Waals surface area contributed by atoms with Gasteiger partial charge in [0.25, 0.3) is 5.91 Å². The average Bonchev–Trinajstić information content (AvgIpc) is 3.27. The van der Waals surface area contributed by atoms with Gasteiger partial charge in [0.05, 0.1) is 5.69 Å². The molecule has 1 amide bonds. The van der Waals surface area contributed by atoms with Crippen LogP contribution >= 0.6 is 0 Å². The van der Waals surface area contributed by atoms with E-state index in [0.717, 1.165) is 46.6 Å². The lowest BCUT2D eigenvalue weighted by molar-refractivity contribution is 0.0766. The van der Waals surface area contributed by atoms with E-state index in [4.69, 9.17) is 0 Å². The van der Waals surface area contributed by atoms with Gasteiger partial charge in [-0.25, -0.2) is 9.97 Å². The molecule has 1 aliphatic carbocycles. The van der Waals surface area contributed by atoms with Crippen LogP contribution in [0.4, 0.5) is 0 Å². The molecule has 0 atom stereocenters. The Morgan fingerprint density at radius 2 is 1.96 bits per heavy atom. The highest BCUT2D eigenvalue weighted by Crippen LogP contribution is 2.40. The summed E-state index contributed by atoms with van der Waals surface area (Å²) in [6.07, 6.45) is 5.65.